The second-order valence-electron chi connectivity index (χ2n) is 3.40. The number of hydrogen-bond donors (Lipinski definition) is 0. The van der Waals surface area contributed by atoms with Gasteiger partial charge in [-0.1, -0.05) is 6.42 Å². The van der Waals surface area contributed by atoms with Gasteiger partial charge in [0.1, 0.15) is 12.4 Å². The molecule has 0 N–H and O–H groups in total. The van der Waals surface area contributed by atoms with Crippen molar-refractivity contribution < 1.29 is 4.74 Å². The summed E-state index contributed by atoms with van der Waals surface area (Å²) in [6, 6.07) is 0. The normalized spacial score (nSPS) is 20.9. The van der Waals surface area contributed by atoms with Crippen LogP contribution in [0.2, 0.25) is 0 Å². The smallest absolute Gasteiger partial charge is 0.186 e. The highest BCUT2D eigenvalue weighted by molar-refractivity contribution is 5.82. The van der Waals surface area contributed by atoms with Gasteiger partial charge in [0.25, 0.3) is 0 Å². The molecule has 0 aromatic rings. The first-order chi connectivity index (χ1) is 6.33. The van der Waals surface area contributed by atoms with Gasteiger partial charge in [-0.05, 0) is 25.7 Å². The van der Waals surface area contributed by atoms with Gasteiger partial charge in [-0.2, -0.15) is 0 Å². The average Bonchev–Trinajstić information content (AvgIpc) is 2.16. The highest BCUT2D eigenvalue weighted by Crippen LogP contribution is 2.20. The van der Waals surface area contributed by atoms with Gasteiger partial charge in [0.15, 0.2) is 5.90 Å². The first-order valence-electron chi connectivity index (χ1n) is 4.94. The van der Waals surface area contributed by atoms with Gasteiger partial charge in [0.05, 0.1) is 0 Å². The molecule has 3 heteroatoms. The highest BCUT2D eigenvalue weighted by Gasteiger charge is 2.14. The fraction of sp³-hybridized carbons (Fsp3) is 0.800. The molecule has 0 heterocycles. The number of nitrogens with zero attached hydrogens (tertiary/aromatic N) is 2. The lowest BCUT2D eigenvalue weighted by Crippen LogP contribution is -2.19. The van der Waals surface area contributed by atoms with Crippen molar-refractivity contribution in [1.82, 2.24) is 0 Å². The van der Waals surface area contributed by atoms with Gasteiger partial charge < -0.3 is 4.74 Å². The number of ether oxygens (including phenoxy) is 1. The zero-order valence-electron chi connectivity index (χ0n) is 8.49. The van der Waals surface area contributed by atoms with Crippen molar-refractivity contribution in [2.24, 2.45) is 9.98 Å². The molecule has 1 aliphatic carbocycles. The summed E-state index contributed by atoms with van der Waals surface area (Å²) in [6.45, 7) is 1.89. The summed E-state index contributed by atoms with van der Waals surface area (Å²) in [5.74, 6) is 0.734. The van der Waals surface area contributed by atoms with Crippen LogP contribution in [-0.4, -0.2) is 25.4 Å². The topological polar surface area (TPSA) is 34.0 Å². The molecule has 0 saturated heterocycles. The summed E-state index contributed by atoms with van der Waals surface area (Å²) in [4.78, 5) is 7.82. The van der Waals surface area contributed by atoms with Crippen LogP contribution in [0.3, 0.4) is 0 Å². The predicted octanol–water partition coefficient (Wildman–Crippen LogP) is 2.41. The van der Waals surface area contributed by atoms with Crippen LogP contribution in [0, 0.1) is 0 Å². The van der Waals surface area contributed by atoms with Gasteiger partial charge in [-0.15, -0.1) is 0 Å². The Kier molecular flexibility index (Phi) is 4.50. The standard InChI is InChI=1S/C10H18N2O/c1-9(12-8-11-2)13-10-6-4-3-5-7-10/h8,10H,3-7H2,1-2H3/b11-8-,12-9+. The fourth-order valence-corrected chi connectivity index (χ4v) is 1.59. The van der Waals surface area contributed by atoms with Gasteiger partial charge >= 0.3 is 0 Å². The van der Waals surface area contributed by atoms with Crippen molar-refractivity contribution in [2.75, 3.05) is 7.05 Å². The van der Waals surface area contributed by atoms with E-state index >= 15 is 0 Å². The lowest BCUT2D eigenvalue weighted by Gasteiger charge is -2.22. The minimum absolute atomic E-state index is 0.391. The molecule has 0 spiro atoms. The van der Waals surface area contributed by atoms with Crippen molar-refractivity contribution in [3.8, 4) is 0 Å². The molecule has 0 bridgehead atoms. The molecule has 74 valence electrons. The van der Waals surface area contributed by atoms with Crippen LogP contribution in [0.5, 0.6) is 0 Å². The van der Waals surface area contributed by atoms with E-state index in [0.29, 0.717) is 6.10 Å². The first kappa shape index (κ1) is 10.2. The molecule has 1 rings (SSSR count). The van der Waals surface area contributed by atoms with E-state index < -0.39 is 0 Å². The molecule has 0 atom stereocenters. The van der Waals surface area contributed by atoms with E-state index in [1.165, 1.54) is 38.4 Å². The summed E-state index contributed by atoms with van der Waals surface area (Å²) in [6.07, 6.45) is 8.21. The highest BCUT2D eigenvalue weighted by atomic mass is 16.5. The van der Waals surface area contributed by atoms with Gasteiger partial charge in [-0.3, -0.25) is 4.99 Å². The van der Waals surface area contributed by atoms with Crippen molar-refractivity contribution in [1.29, 1.82) is 0 Å². The quantitative estimate of drug-likeness (QED) is 0.477. The molecule has 0 radical (unpaired) electrons. The number of hydrogen-bond acceptors (Lipinski definition) is 2. The van der Waals surface area contributed by atoms with Crippen LogP contribution in [-0.2, 0) is 4.74 Å². The Morgan fingerprint density at radius 2 is 2.00 bits per heavy atom. The molecular formula is C10H18N2O. The Bertz CT molecular complexity index is 193. The minimum Gasteiger partial charge on any atom is -0.478 e. The van der Waals surface area contributed by atoms with E-state index in [4.69, 9.17) is 4.74 Å². The Morgan fingerprint density at radius 3 is 2.62 bits per heavy atom. The summed E-state index contributed by atoms with van der Waals surface area (Å²) < 4.78 is 5.65. The van der Waals surface area contributed by atoms with Crippen LogP contribution < -0.4 is 0 Å². The van der Waals surface area contributed by atoms with Gasteiger partial charge in [0, 0.05) is 14.0 Å². The number of aliphatic imine (C=N–C) groups is 2. The summed E-state index contributed by atoms with van der Waals surface area (Å²) in [7, 11) is 1.71. The van der Waals surface area contributed by atoms with Crippen molar-refractivity contribution in [2.45, 2.75) is 45.1 Å². The van der Waals surface area contributed by atoms with Crippen molar-refractivity contribution >= 4 is 12.2 Å². The zero-order valence-corrected chi connectivity index (χ0v) is 8.49. The molecule has 3 nitrogen and oxygen atoms in total. The van der Waals surface area contributed by atoms with Crippen LogP contribution in [0.15, 0.2) is 9.98 Å². The second kappa shape index (κ2) is 5.73. The maximum absolute atomic E-state index is 5.65. The van der Waals surface area contributed by atoms with Crippen LogP contribution in [0.25, 0.3) is 0 Å². The maximum atomic E-state index is 5.65. The Labute approximate surface area is 79.9 Å². The summed E-state index contributed by atoms with van der Waals surface area (Å²) in [5, 5.41) is 0. The van der Waals surface area contributed by atoms with Crippen LogP contribution in [0.4, 0.5) is 0 Å². The monoisotopic (exact) mass is 182 g/mol. The first-order valence-corrected chi connectivity index (χ1v) is 4.94. The van der Waals surface area contributed by atoms with E-state index in [1.54, 1.807) is 7.05 Å². The van der Waals surface area contributed by atoms with Gasteiger partial charge in [-0.25, -0.2) is 4.99 Å². The SMILES string of the molecule is C/N=C\N=C(/C)OC1CCCCC1. The third kappa shape index (κ3) is 4.06. The molecule has 0 amide bonds. The lowest BCUT2D eigenvalue weighted by molar-refractivity contribution is 0.142. The molecule has 13 heavy (non-hydrogen) atoms. The molecule has 1 aliphatic rings. The molecular weight excluding hydrogens is 164 g/mol. The largest absolute Gasteiger partial charge is 0.478 e. The van der Waals surface area contributed by atoms with E-state index in [0.717, 1.165) is 5.90 Å². The van der Waals surface area contributed by atoms with Crippen LogP contribution >= 0.6 is 0 Å². The molecule has 0 aromatic heterocycles. The summed E-state index contributed by atoms with van der Waals surface area (Å²) >= 11 is 0. The molecule has 1 fully saturated rings. The molecule has 0 unspecified atom stereocenters. The third-order valence-corrected chi connectivity index (χ3v) is 2.24. The predicted molar refractivity (Wildman–Crippen MR) is 55.5 cm³/mol. The van der Waals surface area contributed by atoms with Gasteiger partial charge in [0.2, 0.25) is 0 Å². The Hall–Kier alpha value is -0.860. The zero-order chi connectivity index (χ0) is 9.52. The fourth-order valence-electron chi connectivity index (χ4n) is 1.59. The van der Waals surface area contributed by atoms with E-state index in [-0.39, 0.29) is 0 Å². The summed E-state index contributed by atoms with van der Waals surface area (Å²) in [5.41, 5.74) is 0. The minimum atomic E-state index is 0.391. The Balaban J connectivity index is 2.29. The third-order valence-electron chi connectivity index (χ3n) is 2.24. The molecule has 0 aliphatic heterocycles. The molecule has 1 saturated carbocycles. The van der Waals surface area contributed by atoms with Crippen molar-refractivity contribution in [3.05, 3.63) is 0 Å². The second-order valence-corrected chi connectivity index (χ2v) is 3.40. The van der Waals surface area contributed by atoms with Crippen LogP contribution in [0.1, 0.15) is 39.0 Å². The maximum Gasteiger partial charge on any atom is 0.186 e. The lowest BCUT2D eigenvalue weighted by atomic mass is 9.98. The Morgan fingerprint density at radius 1 is 1.31 bits per heavy atom. The number of rotatable bonds is 2. The average molecular weight is 182 g/mol. The van der Waals surface area contributed by atoms with E-state index in [9.17, 15) is 0 Å². The van der Waals surface area contributed by atoms with Crippen molar-refractivity contribution in [3.63, 3.8) is 0 Å². The van der Waals surface area contributed by atoms with E-state index in [1.807, 2.05) is 6.92 Å². The van der Waals surface area contributed by atoms with E-state index in [2.05, 4.69) is 9.98 Å². The molecule has 0 aromatic carbocycles.